The van der Waals surface area contributed by atoms with E-state index in [1.165, 1.54) is 19.3 Å². The number of carbonyl (C=O) groups excluding carboxylic acids is 1. The maximum Gasteiger partial charge on any atom is 0.267 e. The number of aromatic nitrogens is 1. The number of hydrogen-bond acceptors (Lipinski definition) is 5. The van der Waals surface area contributed by atoms with Crippen LogP contribution in [0.5, 0.6) is 0 Å². The van der Waals surface area contributed by atoms with Gasteiger partial charge in [-0.2, -0.15) is 0 Å². The van der Waals surface area contributed by atoms with Crippen LogP contribution in [0.15, 0.2) is 18.3 Å². The SMILES string of the molecule is CNS(=O)(=O)CCNc1ccnc(C(N)=O)c1. The van der Waals surface area contributed by atoms with Gasteiger partial charge >= 0.3 is 0 Å². The molecule has 0 aliphatic heterocycles. The van der Waals surface area contributed by atoms with Gasteiger partial charge in [0.25, 0.3) is 5.91 Å². The third-order valence-electron chi connectivity index (χ3n) is 2.02. The first-order valence-electron chi connectivity index (χ1n) is 4.85. The summed E-state index contributed by atoms with van der Waals surface area (Å²) in [7, 11) is -1.88. The normalized spacial score (nSPS) is 11.1. The minimum absolute atomic E-state index is 0.0578. The summed E-state index contributed by atoms with van der Waals surface area (Å²) in [5, 5.41) is 2.86. The molecule has 0 aliphatic rings. The summed E-state index contributed by atoms with van der Waals surface area (Å²) in [6.07, 6.45) is 1.43. The lowest BCUT2D eigenvalue weighted by atomic mass is 10.3. The highest BCUT2D eigenvalue weighted by molar-refractivity contribution is 7.89. The molecule has 0 atom stereocenters. The molecule has 0 spiro atoms. The molecule has 1 amide bonds. The molecule has 0 radical (unpaired) electrons. The second-order valence-electron chi connectivity index (χ2n) is 3.24. The number of primary amides is 1. The fourth-order valence-electron chi connectivity index (χ4n) is 1.11. The highest BCUT2D eigenvalue weighted by Gasteiger charge is 2.06. The van der Waals surface area contributed by atoms with E-state index in [4.69, 9.17) is 5.73 Å². The third kappa shape index (κ3) is 4.37. The van der Waals surface area contributed by atoms with Crippen LogP contribution < -0.4 is 15.8 Å². The molecule has 0 saturated carbocycles. The number of nitrogens with two attached hydrogens (primary N) is 1. The Kier molecular flexibility index (Phi) is 4.41. The largest absolute Gasteiger partial charge is 0.384 e. The fourth-order valence-corrected chi connectivity index (χ4v) is 1.68. The summed E-state index contributed by atoms with van der Waals surface area (Å²) >= 11 is 0. The molecule has 1 aromatic rings. The van der Waals surface area contributed by atoms with Gasteiger partial charge in [-0.3, -0.25) is 9.78 Å². The van der Waals surface area contributed by atoms with Crippen molar-refractivity contribution >= 4 is 21.6 Å². The quantitative estimate of drug-likeness (QED) is 0.614. The molecule has 0 unspecified atom stereocenters. The van der Waals surface area contributed by atoms with Crippen molar-refractivity contribution in [3.05, 3.63) is 24.0 Å². The maximum atomic E-state index is 11.1. The van der Waals surface area contributed by atoms with Crippen molar-refractivity contribution in [3.8, 4) is 0 Å². The topological polar surface area (TPSA) is 114 Å². The number of nitrogens with one attached hydrogen (secondary N) is 2. The van der Waals surface area contributed by atoms with Gasteiger partial charge in [0.2, 0.25) is 10.0 Å². The number of carbonyl (C=O) groups is 1. The number of nitrogens with zero attached hydrogens (tertiary/aromatic N) is 1. The molecular formula is C9H14N4O3S. The lowest BCUT2D eigenvalue weighted by Gasteiger charge is -2.07. The van der Waals surface area contributed by atoms with Crippen molar-refractivity contribution in [2.24, 2.45) is 5.73 Å². The van der Waals surface area contributed by atoms with Gasteiger partial charge in [0.1, 0.15) is 5.69 Å². The zero-order valence-electron chi connectivity index (χ0n) is 9.30. The van der Waals surface area contributed by atoms with Crippen LogP contribution in [-0.2, 0) is 10.0 Å². The summed E-state index contributed by atoms with van der Waals surface area (Å²) in [5.74, 6) is -0.686. The Bertz CT molecular complexity index is 501. The Hall–Kier alpha value is -1.67. The van der Waals surface area contributed by atoms with Crippen molar-refractivity contribution < 1.29 is 13.2 Å². The second-order valence-corrected chi connectivity index (χ2v) is 5.29. The molecule has 0 aliphatic carbocycles. The first-order valence-corrected chi connectivity index (χ1v) is 6.51. The third-order valence-corrected chi connectivity index (χ3v) is 3.39. The molecule has 1 heterocycles. The smallest absolute Gasteiger partial charge is 0.267 e. The predicted octanol–water partition coefficient (Wildman–Crippen LogP) is -0.858. The number of amides is 1. The highest BCUT2D eigenvalue weighted by atomic mass is 32.2. The Morgan fingerprint density at radius 3 is 2.82 bits per heavy atom. The Morgan fingerprint density at radius 1 is 1.53 bits per heavy atom. The molecule has 7 nitrogen and oxygen atoms in total. The molecule has 0 bridgehead atoms. The van der Waals surface area contributed by atoms with Gasteiger partial charge in [0, 0.05) is 18.4 Å². The standard InChI is InChI=1S/C9H14N4O3S/c1-11-17(15,16)5-4-12-7-2-3-13-8(6-7)9(10)14/h2-3,6,11H,4-5H2,1H3,(H2,10,14)(H,12,13). The minimum atomic E-state index is -3.24. The summed E-state index contributed by atoms with van der Waals surface area (Å²) in [6.45, 7) is 0.228. The van der Waals surface area contributed by atoms with Crippen LogP contribution in [0.2, 0.25) is 0 Å². The molecule has 1 rings (SSSR count). The first-order chi connectivity index (χ1) is 7.94. The van der Waals surface area contributed by atoms with Crippen molar-refractivity contribution in [1.29, 1.82) is 0 Å². The zero-order chi connectivity index (χ0) is 12.9. The molecule has 8 heteroatoms. The number of hydrogen-bond donors (Lipinski definition) is 3. The van der Waals surface area contributed by atoms with Crippen molar-refractivity contribution in [2.75, 3.05) is 24.7 Å². The molecule has 0 saturated heterocycles. The predicted molar refractivity (Wildman–Crippen MR) is 64.1 cm³/mol. The summed E-state index contributed by atoms with van der Waals surface area (Å²) in [6, 6.07) is 3.09. The van der Waals surface area contributed by atoms with E-state index in [1.807, 2.05) is 0 Å². The van der Waals surface area contributed by atoms with Gasteiger partial charge in [-0.15, -0.1) is 0 Å². The van der Waals surface area contributed by atoms with E-state index in [-0.39, 0.29) is 18.0 Å². The number of anilines is 1. The maximum absolute atomic E-state index is 11.1. The van der Waals surface area contributed by atoms with Gasteiger partial charge in [-0.1, -0.05) is 0 Å². The van der Waals surface area contributed by atoms with Crippen LogP contribution >= 0.6 is 0 Å². The Morgan fingerprint density at radius 2 is 2.24 bits per heavy atom. The number of pyridine rings is 1. The minimum Gasteiger partial charge on any atom is -0.384 e. The number of sulfonamides is 1. The van der Waals surface area contributed by atoms with E-state index in [0.717, 1.165) is 0 Å². The van der Waals surface area contributed by atoms with Gasteiger partial charge in [0.15, 0.2) is 0 Å². The fraction of sp³-hybridized carbons (Fsp3) is 0.333. The van der Waals surface area contributed by atoms with Crippen LogP contribution in [0.4, 0.5) is 5.69 Å². The van der Waals surface area contributed by atoms with Gasteiger partial charge < -0.3 is 11.1 Å². The van der Waals surface area contributed by atoms with Crippen LogP contribution in [0.1, 0.15) is 10.5 Å². The summed E-state index contributed by atoms with van der Waals surface area (Å²) in [5.41, 5.74) is 5.80. The van der Waals surface area contributed by atoms with Gasteiger partial charge in [0.05, 0.1) is 5.75 Å². The molecule has 0 aromatic carbocycles. The molecule has 4 N–H and O–H groups in total. The lowest BCUT2D eigenvalue weighted by molar-refractivity contribution is 0.0995. The van der Waals surface area contributed by atoms with Crippen LogP contribution in [0, 0.1) is 0 Å². The van der Waals surface area contributed by atoms with Gasteiger partial charge in [-0.25, -0.2) is 13.1 Å². The molecular weight excluding hydrogens is 244 g/mol. The average molecular weight is 258 g/mol. The highest BCUT2D eigenvalue weighted by Crippen LogP contribution is 2.06. The average Bonchev–Trinajstić information content (AvgIpc) is 2.29. The summed E-state index contributed by atoms with van der Waals surface area (Å²) in [4.78, 5) is 14.6. The second kappa shape index (κ2) is 5.60. The molecule has 17 heavy (non-hydrogen) atoms. The van der Waals surface area contributed by atoms with E-state index >= 15 is 0 Å². The van der Waals surface area contributed by atoms with E-state index < -0.39 is 15.9 Å². The van der Waals surface area contributed by atoms with Crippen LogP contribution in [-0.4, -0.2) is 38.7 Å². The van der Waals surface area contributed by atoms with Gasteiger partial charge in [-0.05, 0) is 19.2 Å². The number of rotatable bonds is 6. The van der Waals surface area contributed by atoms with E-state index in [0.29, 0.717) is 5.69 Å². The zero-order valence-corrected chi connectivity index (χ0v) is 10.1. The van der Waals surface area contributed by atoms with Crippen LogP contribution in [0.3, 0.4) is 0 Å². The molecule has 94 valence electrons. The van der Waals surface area contributed by atoms with Crippen molar-refractivity contribution in [1.82, 2.24) is 9.71 Å². The van der Waals surface area contributed by atoms with Crippen molar-refractivity contribution in [2.45, 2.75) is 0 Å². The monoisotopic (exact) mass is 258 g/mol. The first kappa shape index (κ1) is 13.4. The van der Waals surface area contributed by atoms with E-state index in [9.17, 15) is 13.2 Å². The molecule has 0 fully saturated rings. The Labute approximate surface area is 99.5 Å². The summed E-state index contributed by atoms with van der Waals surface area (Å²) < 4.78 is 24.5. The molecule has 1 aromatic heterocycles. The lowest BCUT2D eigenvalue weighted by Crippen LogP contribution is -2.26. The van der Waals surface area contributed by atoms with Crippen LogP contribution in [0.25, 0.3) is 0 Å². The van der Waals surface area contributed by atoms with E-state index in [2.05, 4.69) is 15.0 Å². The van der Waals surface area contributed by atoms with E-state index in [1.54, 1.807) is 6.07 Å². The Balaban J connectivity index is 2.58. The van der Waals surface area contributed by atoms with Crippen molar-refractivity contribution in [3.63, 3.8) is 0 Å².